The van der Waals surface area contributed by atoms with Crippen LogP contribution in [0.25, 0.3) is 10.9 Å². The number of carbonyl (C=O) groups is 1. The molecule has 0 radical (unpaired) electrons. The monoisotopic (exact) mass is 231 g/mol. The molecule has 3 heteroatoms. The SMILES string of the molecule is Cc1[nH]c2c(C(=O)O)cc(C(C)C)cc2c1C. The van der Waals surface area contributed by atoms with E-state index in [9.17, 15) is 9.90 Å². The van der Waals surface area contributed by atoms with Crippen molar-refractivity contribution in [2.45, 2.75) is 33.6 Å². The van der Waals surface area contributed by atoms with Crippen molar-refractivity contribution in [1.29, 1.82) is 0 Å². The Balaban J connectivity index is 2.86. The number of aryl methyl sites for hydroxylation is 2. The predicted molar refractivity (Wildman–Crippen MR) is 68.8 cm³/mol. The molecular weight excluding hydrogens is 214 g/mol. The topological polar surface area (TPSA) is 53.1 Å². The maximum Gasteiger partial charge on any atom is 0.337 e. The van der Waals surface area contributed by atoms with Gasteiger partial charge in [-0.05, 0) is 43.0 Å². The van der Waals surface area contributed by atoms with Gasteiger partial charge in [-0.15, -0.1) is 0 Å². The largest absolute Gasteiger partial charge is 0.478 e. The average molecular weight is 231 g/mol. The molecule has 0 amide bonds. The number of aromatic amines is 1. The van der Waals surface area contributed by atoms with Gasteiger partial charge in [0.2, 0.25) is 0 Å². The van der Waals surface area contributed by atoms with Crippen molar-refractivity contribution in [3.8, 4) is 0 Å². The van der Waals surface area contributed by atoms with Crippen LogP contribution in [0, 0.1) is 13.8 Å². The minimum Gasteiger partial charge on any atom is -0.478 e. The summed E-state index contributed by atoms with van der Waals surface area (Å²) in [6, 6.07) is 3.86. The number of fused-ring (bicyclic) bond motifs is 1. The molecule has 1 aromatic carbocycles. The fraction of sp³-hybridized carbons (Fsp3) is 0.357. The zero-order valence-corrected chi connectivity index (χ0v) is 10.6. The maximum atomic E-state index is 11.3. The van der Waals surface area contributed by atoms with Gasteiger partial charge in [-0.1, -0.05) is 13.8 Å². The Morgan fingerprint density at radius 3 is 2.47 bits per heavy atom. The highest BCUT2D eigenvalue weighted by Crippen LogP contribution is 2.29. The van der Waals surface area contributed by atoms with Gasteiger partial charge in [0.05, 0.1) is 11.1 Å². The zero-order valence-electron chi connectivity index (χ0n) is 10.6. The Morgan fingerprint density at radius 2 is 1.94 bits per heavy atom. The van der Waals surface area contributed by atoms with Gasteiger partial charge in [0, 0.05) is 11.1 Å². The average Bonchev–Trinajstić information content (AvgIpc) is 2.54. The molecule has 90 valence electrons. The Labute approximate surface area is 100 Å². The number of hydrogen-bond acceptors (Lipinski definition) is 1. The van der Waals surface area contributed by atoms with E-state index in [1.807, 2.05) is 13.8 Å². The van der Waals surface area contributed by atoms with E-state index in [0.717, 1.165) is 27.7 Å². The highest BCUT2D eigenvalue weighted by Gasteiger charge is 2.15. The molecule has 0 saturated heterocycles. The number of rotatable bonds is 2. The lowest BCUT2D eigenvalue weighted by Crippen LogP contribution is -2.00. The Bertz CT molecular complexity index is 594. The van der Waals surface area contributed by atoms with Gasteiger partial charge in [0.15, 0.2) is 0 Å². The summed E-state index contributed by atoms with van der Waals surface area (Å²) >= 11 is 0. The van der Waals surface area contributed by atoms with E-state index >= 15 is 0 Å². The quantitative estimate of drug-likeness (QED) is 0.829. The zero-order chi connectivity index (χ0) is 12.7. The molecule has 0 aliphatic carbocycles. The number of carboxylic acids is 1. The van der Waals surface area contributed by atoms with Gasteiger partial charge < -0.3 is 10.1 Å². The van der Waals surface area contributed by atoms with Crippen molar-refractivity contribution in [1.82, 2.24) is 4.98 Å². The van der Waals surface area contributed by atoms with Crippen LogP contribution in [0.15, 0.2) is 12.1 Å². The summed E-state index contributed by atoms with van der Waals surface area (Å²) in [4.78, 5) is 14.5. The van der Waals surface area contributed by atoms with Crippen molar-refractivity contribution in [3.63, 3.8) is 0 Å². The molecule has 0 fully saturated rings. The highest BCUT2D eigenvalue weighted by atomic mass is 16.4. The van der Waals surface area contributed by atoms with Crippen LogP contribution < -0.4 is 0 Å². The van der Waals surface area contributed by atoms with Gasteiger partial charge in [-0.25, -0.2) is 4.79 Å². The van der Waals surface area contributed by atoms with E-state index in [0.29, 0.717) is 11.5 Å². The lowest BCUT2D eigenvalue weighted by molar-refractivity contribution is 0.0698. The second kappa shape index (κ2) is 3.91. The van der Waals surface area contributed by atoms with Gasteiger partial charge in [0.1, 0.15) is 0 Å². The molecule has 2 aromatic rings. The van der Waals surface area contributed by atoms with Crippen molar-refractivity contribution >= 4 is 16.9 Å². The number of carboxylic acid groups (broad SMARTS) is 1. The van der Waals surface area contributed by atoms with E-state index in [1.165, 1.54) is 0 Å². The van der Waals surface area contributed by atoms with Crippen LogP contribution in [0.5, 0.6) is 0 Å². The lowest BCUT2D eigenvalue weighted by Gasteiger charge is -2.08. The summed E-state index contributed by atoms with van der Waals surface area (Å²) in [5, 5.41) is 10.3. The van der Waals surface area contributed by atoms with Gasteiger partial charge in [-0.2, -0.15) is 0 Å². The second-order valence-corrected chi connectivity index (χ2v) is 4.83. The minimum absolute atomic E-state index is 0.326. The molecule has 0 unspecified atom stereocenters. The van der Waals surface area contributed by atoms with Gasteiger partial charge in [0.25, 0.3) is 0 Å². The first-order valence-electron chi connectivity index (χ1n) is 5.78. The first-order chi connectivity index (χ1) is 7.91. The summed E-state index contributed by atoms with van der Waals surface area (Å²) in [5.41, 5.74) is 4.32. The van der Waals surface area contributed by atoms with E-state index in [2.05, 4.69) is 24.9 Å². The van der Waals surface area contributed by atoms with E-state index in [1.54, 1.807) is 6.07 Å². The van der Waals surface area contributed by atoms with Crippen LogP contribution in [0.2, 0.25) is 0 Å². The molecule has 0 aliphatic rings. The number of benzene rings is 1. The molecule has 0 aliphatic heterocycles. The van der Waals surface area contributed by atoms with Gasteiger partial charge >= 0.3 is 5.97 Å². The summed E-state index contributed by atoms with van der Waals surface area (Å²) in [6.07, 6.45) is 0. The lowest BCUT2D eigenvalue weighted by atomic mass is 9.97. The predicted octanol–water partition coefficient (Wildman–Crippen LogP) is 3.61. The molecule has 17 heavy (non-hydrogen) atoms. The summed E-state index contributed by atoms with van der Waals surface area (Å²) in [7, 11) is 0. The van der Waals surface area contributed by atoms with Crippen LogP contribution in [0.4, 0.5) is 0 Å². The second-order valence-electron chi connectivity index (χ2n) is 4.83. The normalized spacial score (nSPS) is 11.4. The fourth-order valence-corrected chi connectivity index (χ4v) is 2.08. The van der Waals surface area contributed by atoms with Crippen molar-refractivity contribution in [2.75, 3.05) is 0 Å². The molecule has 3 nitrogen and oxygen atoms in total. The number of H-pyrrole nitrogens is 1. The minimum atomic E-state index is -0.876. The molecule has 2 N–H and O–H groups in total. The number of aromatic carboxylic acids is 1. The molecule has 0 spiro atoms. The molecule has 0 atom stereocenters. The Morgan fingerprint density at radius 1 is 1.29 bits per heavy atom. The van der Waals surface area contributed by atoms with Crippen molar-refractivity contribution in [2.24, 2.45) is 0 Å². The summed E-state index contributed by atoms with van der Waals surface area (Å²) < 4.78 is 0. The summed E-state index contributed by atoms with van der Waals surface area (Å²) in [6.45, 7) is 8.13. The maximum absolute atomic E-state index is 11.3. The summed E-state index contributed by atoms with van der Waals surface area (Å²) in [5.74, 6) is -0.550. The first kappa shape index (κ1) is 11.7. The van der Waals surface area contributed by atoms with E-state index in [-0.39, 0.29) is 0 Å². The molecule has 0 saturated carbocycles. The third-order valence-electron chi connectivity index (χ3n) is 3.34. The number of nitrogens with one attached hydrogen (secondary N) is 1. The highest BCUT2D eigenvalue weighted by molar-refractivity contribution is 6.03. The Hall–Kier alpha value is -1.77. The van der Waals surface area contributed by atoms with Crippen molar-refractivity contribution < 1.29 is 9.90 Å². The third kappa shape index (κ3) is 1.82. The van der Waals surface area contributed by atoms with Crippen LogP contribution in [0.3, 0.4) is 0 Å². The molecule has 2 rings (SSSR count). The van der Waals surface area contributed by atoms with Crippen LogP contribution in [0.1, 0.15) is 46.9 Å². The molecule has 1 aromatic heterocycles. The third-order valence-corrected chi connectivity index (χ3v) is 3.34. The van der Waals surface area contributed by atoms with E-state index in [4.69, 9.17) is 0 Å². The molecule has 1 heterocycles. The van der Waals surface area contributed by atoms with Crippen LogP contribution >= 0.6 is 0 Å². The van der Waals surface area contributed by atoms with Crippen LogP contribution in [-0.4, -0.2) is 16.1 Å². The number of hydrogen-bond donors (Lipinski definition) is 2. The molecular formula is C14H17NO2. The van der Waals surface area contributed by atoms with Crippen molar-refractivity contribution in [3.05, 3.63) is 34.5 Å². The van der Waals surface area contributed by atoms with Gasteiger partial charge in [-0.3, -0.25) is 0 Å². The molecule has 0 bridgehead atoms. The fourth-order valence-electron chi connectivity index (χ4n) is 2.08. The standard InChI is InChI=1S/C14H17NO2/c1-7(2)10-5-11-8(3)9(4)15-13(11)12(6-10)14(16)17/h5-7,15H,1-4H3,(H,16,17). The first-order valence-corrected chi connectivity index (χ1v) is 5.78. The van der Waals surface area contributed by atoms with E-state index < -0.39 is 5.97 Å². The smallest absolute Gasteiger partial charge is 0.337 e. The number of aromatic nitrogens is 1. The van der Waals surface area contributed by atoms with Crippen LogP contribution in [-0.2, 0) is 0 Å². The Kier molecular flexibility index (Phi) is 2.69.